The predicted octanol–water partition coefficient (Wildman–Crippen LogP) is 3.36. The van der Waals surface area contributed by atoms with E-state index < -0.39 is 0 Å². The van der Waals surface area contributed by atoms with E-state index >= 15 is 0 Å². The molecular weight excluding hydrogens is 198 g/mol. The molecule has 2 nitrogen and oxygen atoms in total. The van der Waals surface area contributed by atoms with Gasteiger partial charge < -0.3 is 10.1 Å². The predicted molar refractivity (Wildman–Crippen MR) is 69.7 cm³/mol. The fourth-order valence-corrected chi connectivity index (χ4v) is 2.39. The molecule has 2 heteroatoms. The Morgan fingerprint density at radius 3 is 2.69 bits per heavy atom. The van der Waals surface area contributed by atoms with E-state index in [9.17, 15) is 0 Å². The van der Waals surface area contributed by atoms with Crippen molar-refractivity contribution in [3.8, 4) is 0 Å². The normalized spacial score (nSPS) is 31.9. The number of rotatable bonds is 7. The molecule has 1 saturated heterocycles. The van der Waals surface area contributed by atoms with Crippen LogP contribution in [-0.4, -0.2) is 24.8 Å². The van der Waals surface area contributed by atoms with Crippen LogP contribution in [0.1, 0.15) is 59.8 Å². The van der Waals surface area contributed by atoms with E-state index in [4.69, 9.17) is 4.74 Å². The SMILES string of the molecule is CCCCC(CC)CNC1(C)CCOC1C. The van der Waals surface area contributed by atoms with Gasteiger partial charge in [0.1, 0.15) is 0 Å². The van der Waals surface area contributed by atoms with E-state index in [0.717, 1.165) is 25.5 Å². The highest BCUT2D eigenvalue weighted by atomic mass is 16.5. The standard InChI is InChI=1S/C14H29NO/c1-5-7-8-13(6-2)11-15-14(4)9-10-16-12(14)3/h12-13,15H,5-11H2,1-4H3. The number of hydrogen-bond donors (Lipinski definition) is 1. The van der Waals surface area contributed by atoms with Gasteiger partial charge in [0.2, 0.25) is 0 Å². The molecule has 1 fully saturated rings. The molecule has 0 aromatic heterocycles. The molecule has 1 rings (SSSR count). The van der Waals surface area contributed by atoms with Crippen LogP contribution in [0, 0.1) is 5.92 Å². The summed E-state index contributed by atoms with van der Waals surface area (Å²) in [4.78, 5) is 0. The number of ether oxygens (including phenoxy) is 1. The van der Waals surface area contributed by atoms with Crippen LogP contribution in [0.3, 0.4) is 0 Å². The Balaban J connectivity index is 2.30. The Morgan fingerprint density at radius 2 is 2.19 bits per heavy atom. The largest absolute Gasteiger partial charge is 0.377 e. The topological polar surface area (TPSA) is 21.3 Å². The van der Waals surface area contributed by atoms with Crippen LogP contribution in [0.5, 0.6) is 0 Å². The molecular formula is C14H29NO. The molecule has 0 bridgehead atoms. The van der Waals surface area contributed by atoms with Crippen LogP contribution in [0.2, 0.25) is 0 Å². The van der Waals surface area contributed by atoms with Gasteiger partial charge in [-0.2, -0.15) is 0 Å². The molecule has 0 aromatic carbocycles. The molecule has 16 heavy (non-hydrogen) atoms. The van der Waals surface area contributed by atoms with Crippen molar-refractivity contribution in [3.05, 3.63) is 0 Å². The van der Waals surface area contributed by atoms with Gasteiger partial charge in [0.05, 0.1) is 6.10 Å². The summed E-state index contributed by atoms with van der Waals surface area (Å²) in [6.45, 7) is 11.1. The number of hydrogen-bond acceptors (Lipinski definition) is 2. The minimum Gasteiger partial charge on any atom is -0.377 e. The Hall–Kier alpha value is -0.0800. The summed E-state index contributed by atoms with van der Waals surface area (Å²) in [6, 6.07) is 0. The Labute approximate surface area is 101 Å². The summed E-state index contributed by atoms with van der Waals surface area (Å²) in [5.74, 6) is 0.838. The van der Waals surface area contributed by atoms with Crippen molar-refractivity contribution in [2.75, 3.05) is 13.2 Å². The molecule has 0 aliphatic carbocycles. The summed E-state index contributed by atoms with van der Waals surface area (Å²) >= 11 is 0. The average molecular weight is 227 g/mol. The average Bonchev–Trinajstić information content (AvgIpc) is 2.60. The molecule has 0 amide bonds. The lowest BCUT2D eigenvalue weighted by Gasteiger charge is -2.31. The first-order valence-corrected chi connectivity index (χ1v) is 6.99. The van der Waals surface area contributed by atoms with Crippen LogP contribution in [-0.2, 0) is 4.74 Å². The highest BCUT2D eigenvalue weighted by molar-refractivity contribution is 4.93. The van der Waals surface area contributed by atoms with Crippen LogP contribution in [0.4, 0.5) is 0 Å². The summed E-state index contributed by atoms with van der Waals surface area (Å²) in [7, 11) is 0. The fraction of sp³-hybridized carbons (Fsp3) is 1.00. The summed E-state index contributed by atoms with van der Waals surface area (Å²) < 4.78 is 5.65. The van der Waals surface area contributed by atoms with Crippen molar-refractivity contribution >= 4 is 0 Å². The highest BCUT2D eigenvalue weighted by Crippen LogP contribution is 2.25. The van der Waals surface area contributed by atoms with Gasteiger partial charge in [-0.25, -0.2) is 0 Å². The van der Waals surface area contributed by atoms with Crippen molar-refractivity contribution in [2.45, 2.75) is 71.4 Å². The van der Waals surface area contributed by atoms with E-state index in [1.807, 2.05) is 0 Å². The number of nitrogens with one attached hydrogen (secondary N) is 1. The van der Waals surface area contributed by atoms with Crippen molar-refractivity contribution in [3.63, 3.8) is 0 Å². The monoisotopic (exact) mass is 227 g/mol. The minimum absolute atomic E-state index is 0.208. The van der Waals surface area contributed by atoms with E-state index in [-0.39, 0.29) is 5.54 Å². The molecule has 3 unspecified atom stereocenters. The zero-order valence-electron chi connectivity index (χ0n) is 11.5. The zero-order chi connectivity index (χ0) is 12.0. The smallest absolute Gasteiger partial charge is 0.0726 e. The highest BCUT2D eigenvalue weighted by Gasteiger charge is 2.36. The molecule has 0 spiro atoms. The van der Waals surface area contributed by atoms with Crippen LogP contribution >= 0.6 is 0 Å². The summed E-state index contributed by atoms with van der Waals surface area (Å²) in [5, 5.41) is 3.74. The maximum Gasteiger partial charge on any atom is 0.0726 e. The van der Waals surface area contributed by atoms with Crippen LogP contribution in [0.15, 0.2) is 0 Å². The second-order valence-electron chi connectivity index (χ2n) is 5.48. The minimum atomic E-state index is 0.208. The molecule has 0 aromatic rings. The molecule has 96 valence electrons. The zero-order valence-corrected chi connectivity index (χ0v) is 11.5. The second kappa shape index (κ2) is 6.61. The molecule has 1 aliphatic rings. The van der Waals surface area contributed by atoms with Crippen molar-refractivity contribution < 1.29 is 4.74 Å². The first-order valence-electron chi connectivity index (χ1n) is 6.99. The Bertz CT molecular complexity index is 195. The molecule has 3 atom stereocenters. The van der Waals surface area contributed by atoms with Gasteiger partial charge in [-0.15, -0.1) is 0 Å². The Kier molecular flexibility index (Phi) is 5.77. The Morgan fingerprint density at radius 1 is 1.44 bits per heavy atom. The maximum absolute atomic E-state index is 5.65. The lowest BCUT2D eigenvalue weighted by atomic mass is 9.92. The first kappa shape index (κ1) is 14.0. The third-order valence-electron chi connectivity index (χ3n) is 4.22. The summed E-state index contributed by atoms with van der Waals surface area (Å²) in [6.07, 6.45) is 6.84. The maximum atomic E-state index is 5.65. The van der Waals surface area contributed by atoms with E-state index in [1.165, 1.54) is 25.7 Å². The second-order valence-corrected chi connectivity index (χ2v) is 5.48. The van der Waals surface area contributed by atoms with Gasteiger partial charge in [-0.3, -0.25) is 0 Å². The van der Waals surface area contributed by atoms with E-state index in [0.29, 0.717) is 6.10 Å². The first-order chi connectivity index (χ1) is 7.62. The van der Waals surface area contributed by atoms with Crippen molar-refractivity contribution in [1.82, 2.24) is 5.32 Å². The van der Waals surface area contributed by atoms with Gasteiger partial charge in [0, 0.05) is 12.1 Å². The molecule has 1 heterocycles. The molecule has 1 aliphatic heterocycles. The van der Waals surface area contributed by atoms with Gasteiger partial charge in [-0.1, -0.05) is 33.1 Å². The molecule has 0 radical (unpaired) electrons. The third kappa shape index (κ3) is 3.74. The number of unbranched alkanes of at least 4 members (excludes halogenated alkanes) is 1. The van der Waals surface area contributed by atoms with Gasteiger partial charge in [-0.05, 0) is 39.2 Å². The van der Waals surface area contributed by atoms with Gasteiger partial charge >= 0.3 is 0 Å². The van der Waals surface area contributed by atoms with Gasteiger partial charge in [0.15, 0.2) is 0 Å². The third-order valence-corrected chi connectivity index (χ3v) is 4.22. The van der Waals surface area contributed by atoms with Crippen LogP contribution in [0.25, 0.3) is 0 Å². The molecule has 0 saturated carbocycles. The van der Waals surface area contributed by atoms with Gasteiger partial charge in [0.25, 0.3) is 0 Å². The van der Waals surface area contributed by atoms with Crippen molar-refractivity contribution in [1.29, 1.82) is 0 Å². The van der Waals surface area contributed by atoms with Crippen LogP contribution < -0.4 is 5.32 Å². The quantitative estimate of drug-likeness (QED) is 0.720. The van der Waals surface area contributed by atoms with E-state index in [2.05, 4.69) is 33.0 Å². The fourth-order valence-electron chi connectivity index (χ4n) is 2.39. The van der Waals surface area contributed by atoms with Crippen molar-refractivity contribution in [2.24, 2.45) is 5.92 Å². The summed E-state index contributed by atoms with van der Waals surface area (Å²) in [5.41, 5.74) is 0.208. The van der Waals surface area contributed by atoms with E-state index in [1.54, 1.807) is 0 Å². The lowest BCUT2D eigenvalue weighted by Crippen LogP contribution is -2.49. The lowest BCUT2D eigenvalue weighted by molar-refractivity contribution is 0.0868. The molecule has 1 N–H and O–H groups in total.